The Morgan fingerprint density at radius 1 is 1.14 bits per heavy atom. The van der Waals surface area contributed by atoms with Crippen molar-refractivity contribution < 1.29 is 14.0 Å². The second-order valence-electron chi connectivity index (χ2n) is 6.58. The Labute approximate surface area is 128 Å². The van der Waals surface area contributed by atoms with Crippen molar-refractivity contribution in [3.05, 3.63) is 35.6 Å². The number of rotatable bonds is 3. The van der Waals surface area contributed by atoms with E-state index in [1.54, 1.807) is 17.0 Å². The SMILES string of the molecule is O=C([C@@H]1C[C@H]1c1ccc(F)cc1)N1CCN(C2CC2)C(=O)C1. The van der Waals surface area contributed by atoms with E-state index in [1.807, 2.05) is 4.90 Å². The second kappa shape index (κ2) is 5.07. The Kier molecular flexibility index (Phi) is 3.17. The van der Waals surface area contributed by atoms with Gasteiger partial charge in [-0.05, 0) is 42.9 Å². The molecule has 1 aromatic rings. The molecule has 116 valence electrons. The fourth-order valence-electron chi connectivity index (χ4n) is 3.43. The van der Waals surface area contributed by atoms with Gasteiger partial charge in [0.25, 0.3) is 0 Å². The van der Waals surface area contributed by atoms with E-state index >= 15 is 0 Å². The first kappa shape index (κ1) is 13.7. The molecule has 1 saturated heterocycles. The van der Waals surface area contributed by atoms with Gasteiger partial charge in [-0.1, -0.05) is 12.1 Å². The average Bonchev–Trinajstić information content (AvgIpc) is 3.40. The number of nitrogens with zero attached hydrogens (tertiary/aromatic N) is 2. The fraction of sp³-hybridized carbons (Fsp3) is 0.529. The zero-order valence-corrected chi connectivity index (χ0v) is 12.4. The molecule has 2 saturated carbocycles. The Balaban J connectivity index is 1.37. The summed E-state index contributed by atoms with van der Waals surface area (Å²) in [5, 5.41) is 0. The molecule has 5 heteroatoms. The van der Waals surface area contributed by atoms with Gasteiger partial charge < -0.3 is 9.80 Å². The summed E-state index contributed by atoms with van der Waals surface area (Å²) in [6.45, 7) is 1.54. The van der Waals surface area contributed by atoms with E-state index in [9.17, 15) is 14.0 Å². The highest BCUT2D eigenvalue weighted by atomic mass is 19.1. The molecule has 0 N–H and O–H groups in total. The van der Waals surface area contributed by atoms with Gasteiger partial charge in [0.1, 0.15) is 5.82 Å². The van der Waals surface area contributed by atoms with Crippen LogP contribution in [0.3, 0.4) is 0 Å². The number of halogens is 1. The molecule has 2 atom stereocenters. The lowest BCUT2D eigenvalue weighted by atomic mass is 10.1. The summed E-state index contributed by atoms with van der Waals surface area (Å²) in [6.07, 6.45) is 3.02. The molecule has 1 heterocycles. The summed E-state index contributed by atoms with van der Waals surface area (Å²) in [5.74, 6) is 0.0590. The molecular formula is C17H19FN2O2. The maximum Gasteiger partial charge on any atom is 0.242 e. The lowest BCUT2D eigenvalue weighted by Gasteiger charge is -2.34. The summed E-state index contributed by atoms with van der Waals surface area (Å²) < 4.78 is 12.9. The normalized spacial score (nSPS) is 28.0. The van der Waals surface area contributed by atoms with Gasteiger partial charge in [0, 0.05) is 25.0 Å². The van der Waals surface area contributed by atoms with Crippen molar-refractivity contribution in [2.24, 2.45) is 5.92 Å². The van der Waals surface area contributed by atoms with Gasteiger partial charge in [-0.2, -0.15) is 0 Å². The van der Waals surface area contributed by atoms with Crippen LogP contribution in [0.15, 0.2) is 24.3 Å². The summed E-state index contributed by atoms with van der Waals surface area (Å²) >= 11 is 0. The van der Waals surface area contributed by atoms with E-state index in [0.29, 0.717) is 19.1 Å². The summed E-state index contributed by atoms with van der Waals surface area (Å²) in [6, 6.07) is 6.81. The number of hydrogen-bond acceptors (Lipinski definition) is 2. The molecule has 0 spiro atoms. The van der Waals surface area contributed by atoms with Crippen molar-refractivity contribution in [2.75, 3.05) is 19.6 Å². The maximum absolute atomic E-state index is 12.9. The van der Waals surface area contributed by atoms with Crippen LogP contribution in [0.4, 0.5) is 4.39 Å². The molecule has 22 heavy (non-hydrogen) atoms. The van der Waals surface area contributed by atoms with Crippen LogP contribution in [-0.4, -0.2) is 47.3 Å². The number of carbonyl (C=O) groups is 2. The van der Waals surface area contributed by atoms with Gasteiger partial charge in [-0.15, -0.1) is 0 Å². The second-order valence-corrected chi connectivity index (χ2v) is 6.58. The lowest BCUT2D eigenvalue weighted by Crippen LogP contribution is -2.53. The lowest BCUT2D eigenvalue weighted by molar-refractivity contribution is -0.146. The Morgan fingerprint density at radius 2 is 1.86 bits per heavy atom. The third-order valence-electron chi connectivity index (χ3n) is 4.96. The predicted octanol–water partition coefficient (Wildman–Crippen LogP) is 1.76. The predicted molar refractivity (Wildman–Crippen MR) is 78.6 cm³/mol. The van der Waals surface area contributed by atoms with Crippen LogP contribution in [0.5, 0.6) is 0 Å². The van der Waals surface area contributed by atoms with Crippen LogP contribution in [0, 0.1) is 11.7 Å². The van der Waals surface area contributed by atoms with Gasteiger partial charge in [0.2, 0.25) is 11.8 Å². The largest absolute Gasteiger partial charge is 0.336 e. The number of benzene rings is 1. The van der Waals surface area contributed by atoms with Gasteiger partial charge in [-0.3, -0.25) is 9.59 Å². The number of piperazine rings is 1. The van der Waals surface area contributed by atoms with E-state index in [0.717, 1.165) is 24.8 Å². The topological polar surface area (TPSA) is 40.6 Å². The Morgan fingerprint density at radius 3 is 2.50 bits per heavy atom. The van der Waals surface area contributed by atoms with Crippen molar-refractivity contribution in [3.8, 4) is 0 Å². The standard InChI is InChI=1S/C17H19FN2O2/c18-12-3-1-11(2-4-12)14-9-15(14)17(22)19-7-8-20(13-5-6-13)16(21)10-19/h1-4,13-15H,5-10H2/t14-,15+/m0/s1. The molecule has 1 aliphatic heterocycles. The van der Waals surface area contributed by atoms with Crippen molar-refractivity contribution in [2.45, 2.75) is 31.2 Å². The highest BCUT2D eigenvalue weighted by Gasteiger charge is 2.47. The number of hydrogen-bond donors (Lipinski definition) is 0. The van der Waals surface area contributed by atoms with E-state index in [2.05, 4.69) is 0 Å². The quantitative estimate of drug-likeness (QED) is 0.854. The van der Waals surface area contributed by atoms with Crippen LogP contribution in [0.2, 0.25) is 0 Å². The smallest absolute Gasteiger partial charge is 0.242 e. The highest BCUT2D eigenvalue weighted by Crippen LogP contribution is 2.48. The van der Waals surface area contributed by atoms with Crippen molar-refractivity contribution in [3.63, 3.8) is 0 Å². The van der Waals surface area contributed by atoms with Gasteiger partial charge >= 0.3 is 0 Å². The molecule has 0 unspecified atom stereocenters. The first-order valence-corrected chi connectivity index (χ1v) is 7.97. The first-order valence-electron chi connectivity index (χ1n) is 7.97. The van der Waals surface area contributed by atoms with Crippen LogP contribution in [0.25, 0.3) is 0 Å². The summed E-state index contributed by atoms with van der Waals surface area (Å²) in [7, 11) is 0. The first-order chi connectivity index (χ1) is 10.6. The molecule has 0 aromatic heterocycles. The molecule has 1 aromatic carbocycles. The highest BCUT2D eigenvalue weighted by molar-refractivity contribution is 5.89. The van der Waals surface area contributed by atoms with Crippen molar-refractivity contribution in [1.29, 1.82) is 0 Å². The summed E-state index contributed by atoms with van der Waals surface area (Å²) in [4.78, 5) is 28.3. The van der Waals surface area contributed by atoms with E-state index in [1.165, 1.54) is 12.1 Å². The zero-order valence-electron chi connectivity index (χ0n) is 12.4. The Hall–Kier alpha value is -1.91. The zero-order chi connectivity index (χ0) is 15.3. The third-order valence-corrected chi connectivity index (χ3v) is 4.96. The van der Waals surface area contributed by atoms with Crippen LogP contribution in [0.1, 0.15) is 30.7 Å². The molecule has 3 fully saturated rings. The van der Waals surface area contributed by atoms with Gasteiger partial charge in [0.15, 0.2) is 0 Å². The molecule has 2 amide bonds. The monoisotopic (exact) mass is 302 g/mol. The molecule has 0 radical (unpaired) electrons. The van der Waals surface area contributed by atoms with Gasteiger partial charge in [-0.25, -0.2) is 4.39 Å². The number of carbonyl (C=O) groups excluding carboxylic acids is 2. The molecule has 3 aliphatic rings. The third kappa shape index (κ3) is 2.49. The number of amides is 2. The van der Waals surface area contributed by atoms with Gasteiger partial charge in [0.05, 0.1) is 6.54 Å². The average molecular weight is 302 g/mol. The Bertz CT molecular complexity index is 612. The van der Waals surface area contributed by atoms with Crippen LogP contribution in [-0.2, 0) is 9.59 Å². The van der Waals surface area contributed by atoms with E-state index in [4.69, 9.17) is 0 Å². The minimum absolute atomic E-state index is 0.0364. The summed E-state index contributed by atoms with van der Waals surface area (Å²) in [5.41, 5.74) is 1.02. The minimum atomic E-state index is -0.255. The van der Waals surface area contributed by atoms with Crippen LogP contribution < -0.4 is 0 Å². The fourth-order valence-corrected chi connectivity index (χ4v) is 3.43. The van der Waals surface area contributed by atoms with E-state index in [-0.39, 0.29) is 36.0 Å². The van der Waals surface area contributed by atoms with E-state index < -0.39 is 0 Å². The van der Waals surface area contributed by atoms with Crippen molar-refractivity contribution >= 4 is 11.8 Å². The minimum Gasteiger partial charge on any atom is -0.336 e. The molecule has 4 nitrogen and oxygen atoms in total. The molecule has 4 rings (SSSR count). The van der Waals surface area contributed by atoms with Crippen molar-refractivity contribution in [1.82, 2.24) is 9.80 Å². The molecule has 2 aliphatic carbocycles. The molecule has 0 bridgehead atoms. The van der Waals surface area contributed by atoms with Crippen LogP contribution >= 0.6 is 0 Å². The molecular weight excluding hydrogens is 283 g/mol. The maximum atomic E-state index is 12.9.